The first-order chi connectivity index (χ1) is 13.2. The second kappa shape index (κ2) is 7.84. The van der Waals surface area contributed by atoms with Gasteiger partial charge in [0.05, 0.1) is 16.3 Å². The second-order valence-electron chi connectivity index (χ2n) is 6.86. The fourth-order valence-electron chi connectivity index (χ4n) is 3.59. The molecule has 0 amide bonds. The van der Waals surface area contributed by atoms with Gasteiger partial charge in [-0.05, 0) is 24.8 Å². The Morgan fingerprint density at radius 1 is 1.22 bits per heavy atom. The van der Waals surface area contributed by atoms with E-state index < -0.39 is 0 Å². The number of anilines is 2. The van der Waals surface area contributed by atoms with Gasteiger partial charge in [0.1, 0.15) is 18.0 Å². The molecule has 2 heterocycles. The maximum absolute atomic E-state index is 7.54. The summed E-state index contributed by atoms with van der Waals surface area (Å²) < 4.78 is 0. The van der Waals surface area contributed by atoms with Crippen LogP contribution in [0, 0.1) is 5.41 Å². The van der Waals surface area contributed by atoms with E-state index in [1.807, 2.05) is 6.07 Å². The quantitative estimate of drug-likeness (QED) is 0.566. The molecule has 0 aliphatic heterocycles. The molecule has 6 nitrogen and oxygen atoms in total. The molecule has 1 aliphatic carbocycles. The normalized spacial score (nSPS) is 19.1. The zero-order valence-electron chi connectivity index (χ0n) is 14.9. The van der Waals surface area contributed by atoms with Crippen molar-refractivity contribution in [3.05, 3.63) is 63.9 Å². The third kappa shape index (κ3) is 3.98. The van der Waals surface area contributed by atoms with Crippen molar-refractivity contribution in [2.24, 2.45) is 0 Å². The maximum Gasteiger partial charge on any atom is 0.140 e. The van der Waals surface area contributed by atoms with E-state index in [1.165, 1.54) is 23.1 Å². The molecule has 0 radical (unpaired) electrons. The Morgan fingerprint density at radius 2 is 2.07 bits per heavy atom. The summed E-state index contributed by atoms with van der Waals surface area (Å²) in [6.07, 6.45) is 6.71. The van der Waals surface area contributed by atoms with Gasteiger partial charge in [-0.1, -0.05) is 30.3 Å². The molecule has 0 spiro atoms. The molecule has 4 N–H and O–H groups in total. The fourth-order valence-corrected chi connectivity index (χ4v) is 4.56. The monoisotopic (exact) mass is 378 g/mol. The average molecular weight is 379 g/mol. The molecular formula is C20H22N6S. The summed E-state index contributed by atoms with van der Waals surface area (Å²) in [5.41, 5.74) is 8.83. The van der Waals surface area contributed by atoms with Crippen LogP contribution in [0.4, 0.5) is 11.6 Å². The van der Waals surface area contributed by atoms with Crippen LogP contribution in [-0.2, 0) is 6.42 Å². The van der Waals surface area contributed by atoms with Crippen LogP contribution in [0.3, 0.4) is 0 Å². The number of thiazole rings is 1. The lowest BCUT2D eigenvalue weighted by Gasteiger charge is -2.15. The molecule has 1 aromatic carbocycles. The molecule has 138 valence electrons. The Morgan fingerprint density at radius 3 is 2.89 bits per heavy atom. The summed E-state index contributed by atoms with van der Waals surface area (Å²) in [4.78, 5) is 13.1. The highest BCUT2D eigenvalue weighted by molar-refractivity contribution is 7.09. The lowest BCUT2D eigenvalue weighted by Crippen LogP contribution is -2.18. The van der Waals surface area contributed by atoms with Gasteiger partial charge in [0.15, 0.2) is 0 Å². The summed E-state index contributed by atoms with van der Waals surface area (Å²) in [5, 5.41) is 14.4. The SMILES string of the molecule is N=Cc1c(N)ncnc1N[C@H]1CC[C@H](c2nc(Cc3ccccc3)cs2)C1. The van der Waals surface area contributed by atoms with Crippen molar-refractivity contribution in [3.8, 4) is 0 Å². The van der Waals surface area contributed by atoms with Crippen LogP contribution >= 0.6 is 11.3 Å². The third-order valence-corrected chi connectivity index (χ3v) is 6.04. The number of rotatable bonds is 6. The van der Waals surface area contributed by atoms with Crippen LogP contribution < -0.4 is 11.1 Å². The van der Waals surface area contributed by atoms with Crippen LogP contribution in [0.1, 0.15) is 47.0 Å². The summed E-state index contributed by atoms with van der Waals surface area (Å²) in [6.45, 7) is 0. The molecule has 27 heavy (non-hydrogen) atoms. The van der Waals surface area contributed by atoms with Crippen molar-refractivity contribution in [2.45, 2.75) is 37.6 Å². The topological polar surface area (TPSA) is 101 Å². The first kappa shape index (κ1) is 17.6. The molecule has 0 unspecified atom stereocenters. The number of nitrogens with two attached hydrogens (primary N) is 1. The van der Waals surface area contributed by atoms with Crippen LogP contribution in [-0.4, -0.2) is 27.2 Å². The van der Waals surface area contributed by atoms with Gasteiger partial charge in [0.2, 0.25) is 0 Å². The van der Waals surface area contributed by atoms with Gasteiger partial charge in [-0.2, -0.15) is 0 Å². The zero-order valence-corrected chi connectivity index (χ0v) is 15.7. The highest BCUT2D eigenvalue weighted by Gasteiger charge is 2.28. The minimum Gasteiger partial charge on any atom is -0.383 e. The van der Waals surface area contributed by atoms with Gasteiger partial charge in [-0.15, -0.1) is 11.3 Å². The zero-order chi connectivity index (χ0) is 18.6. The summed E-state index contributed by atoms with van der Waals surface area (Å²) >= 11 is 1.76. The van der Waals surface area contributed by atoms with Gasteiger partial charge in [-0.3, -0.25) is 0 Å². The van der Waals surface area contributed by atoms with Gasteiger partial charge < -0.3 is 16.5 Å². The predicted octanol–water partition coefficient (Wildman–Crippen LogP) is 3.85. The summed E-state index contributed by atoms with van der Waals surface area (Å²) in [5.74, 6) is 1.45. The number of nitrogens with zero attached hydrogens (tertiary/aromatic N) is 3. The van der Waals surface area contributed by atoms with E-state index in [9.17, 15) is 0 Å². The number of hydrogen-bond acceptors (Lipinski definition) is 7. The third-order valence-electron chi connectivity index (χ3n) is 4.98. The Bertz CT molecular complexity index is 923. The highest BCUT2D eigenvalue weighted by Crippen LogP contribution is 2.37. The van der Waals surface area contributed by atoms with Crippen molar-refractivity contribution in [1.82, 2.24) is 15.0 Å². The lowest BCUT2D eigenvalue weighted by atomic mass is 10.1. The maximum atomic E-state index is 7.54. The Kier molecular flexibility index (Phi) is 5.11. The first-order valence-electron chi connectivity index (χ1n) is 9.08. The van der Waals surface area contributed by atoms with E-state index >= 15 is 0 Å². The Hall–Kier alpha value is -2.80. The molecule has 0 bridgehead atoms. The Labute approximate surface area is 162 Å². The minimum atomic E-state index is 0.310. The van der Waals surface area contributed by atoms with Gasteiger partial charge >= 0.3 is 0 Å². The molecule has 0 saturated heterocycles. The van der Waals surface area contributed by atoms with E-state index in [0.29, 0.717) is 29.2 Å². The number of nitrogen functional groups attached to an aromatic ring is 1. The van der Waals surface area contributed by atoms with Crippen molar-refractivity contribution >= 4 is 29.2 Å². The standard InChI is InChI=1S/C20H22N6S/c21-10-17-18(22)23-12-24-19(17)25-15-7-6-14(9-15)20-26-16(11-27-20)8-13-4-2-1-3-5-13/h1-5,10-12,14-15,21H,6-9H2,(H3,22,23,24,25)/t14-,15-/m0/s1. The van der Waals surface area contributed by atoms with Gasteiger partial charge in [0, 0.05) is 30.0 Å². The van der Waals surface area contributed by atoms with E-state index in [1.54, 1.807) is 11.3 Å². The van der Waals surface area contributed by atoms with Crippen LogP contribution in [0.2, 0.25) is 0 Å². The van der Waals surface area contributed by atoms with E-state index in [4.69, 9.17) is 16.1 Å². The number of benzene rings is 1. The van der Waals surface area contributed by atoms with E-state index in [-0.39, 0.29) is 0 Å². The van der Waals surface area contributed by atoms with Crippen molar-refractivity contribution in [2.75, 3.05) is 11.1 Å². The van der Waals surface area contributed by atoms with Crippen molar-refractivity contribution < 1.29 is 0 Å². The molecular weight excluding hydrogens is 356 g/mol. The molecule has 4 rings (SSSR count). The number of aromatic nitrogens is 3. The smallest absolute Gasteiger partial charge is 0.140 e. The molecule has 1 saturated carbocycles. The van der Waals surface area contributed by atoms with E-state index in [2.05, 4.69) is 44.9 Å². The average Bonchev–Trinajstić information content (AvgIpc) is 3.32. The lowest BCUT2D eigenvalue weighted by molar-refractivity contribution is 0.693. The van der Waals surface area contributed by atoms with E-state index in [0.717, 1.165) is 31.4 Å². The number of nitrogens with one attached hydrogen (secondary N) is 2. The summed E-state index contributed by atoms with van der Waals surface area (Å²) in [6, 6.07) is 10.8. The van der Waals surface area contributed by atoms with Gasteiger partial charge in [0.25, 0.3) is 0 Å². The second-order valence-corrected chi connectivity index (χ2v) is 7.75. The van der Waals surface area contributed by atoms with Gasteiger partial charge in [-0.25, -0.2) is 15.0 Å². The largest absolute Gasteiger partial charge is 0.383 e. The van der Waals surface area contributed by atoms with Crippen LogP contribution in [0.5, 0.6) is 0 Å². The first-order valence-corrected chi connectivity index (χ1v) is 9.96. The highest BCUT2D eigenvalue weighted by atomic mass is 32.1. The Balaban J connectivity index is 1.40. The molecule has 3 aromatic rings. The summed E-state index contributed by atoms with van der Waals surface area (Å²) in [7, 11) is 0. The van der Waals surface area contributed by atoms with Crippen molar-refractivity contribution in [1.29, 1.82) is 5.41 Å². The molecule has 2 aromatic heterocycles. The van der Waals surface area contributed by atoms with Crippen LogP contribution in [0.25, 0.3) is 0 Å². The molecule has 1 aliphatic rings. The predicted molar refractivity (Wildman–Crippen MR) is 110 cm³/mol. The molecule has 1 fully saturated rings. The molecule has 2 atom stereocenters. The van der Waals surface area contributed by atoms with Crippen LogP contribution in [0.15, 0.2) is 42.0 Å². The van der Waals surface area contributed by atoms with Crippen molar-refractivity contribution in [3.63, 3.8) is 0 Å². The minimum absolute atomic E-state index is 0.310. The molecule has 7 heteroatoms. The fraction of sp³-hybridized carbons (Fsp3) is 0.300. The number of hydrogen-bond donors (Lipinski definition) is 3.